The molecule has 0 aliphatic carbocycles. The predicted octanol–water partition coefficient (Wildman–Crippen LogP) is 3.40. The van der Waals surface area contributed by atoms with E-state index >= 15 is 0 Å². The van der Waals surface area contributed by atoms with Crippen molar-refractivity contribution in [3.05, 3.63) is 57.8 Å². The molecule has 110 valence electrons. The zero-order valence-electron chi connectivity index (χ0n) is 11.5. The van der Waals surface area contributed by atoms with E-state index in [1.807, 2.05) is 6.07 Å². The Morgan fingerprint density at radius 3 is 2.81 bits per heavy atom. The van der Waals surface area contributed by atoms with Crippen molar-refractivity contribution in [1.82, 2.24) is 10.3 Å². The van der Waals surface area contributed by atoms with Crippen LogP contribution in [0.15, 0.2) is 36.7 Å². The Morgan fingerprint density at radius 1 is 1.29 bits per heavy atom. The lowest BCUT2D eigenvalue weighted by atomic mass is 10.1. The van der Waals surface area contributed by atoms with Crippen molar-refractivity contribution in [3.8, 4) is 0 Å². The van der Waals surface area contributed by atoms with E-state index in [0.29, 0.717) is 34.3 Å². The largest absolute Gasteiger partial charge is 0.386 e. The van der Waals surface area contributed by atoms with Crippen molar-refractivity contribution in [2.24, 2.45) is 0 Å². The molecule has 0 saturated carbocycles. The van der Waals surface area contributed by atoms with E-state index in [0.717, 1.165) is 5.56 Å². The number of nitrogens with zero attached hydrogens (tertiary/aromatic N) is 1. The van der Waals surface area contributed by atoms with E-state index < -0.39 is 0 Å². The summed E-state index contributed by atoms with van der Waals surface area (Å²) in [6, 6.07) is 7.02. The lowest BCUT2D eigenvalue weighted by Gasteiger charge is -2.10. The van der Waals surface area contributed by atoms with Crippen LogP contribution in [0.3, 0.4) is 0 Å². The molecule has 0 spiro atoms. The van der Waals surface area contributed by atoms with E-state index in [9.17, 15) is 4.79 Å². The molecule has 0 unspecified atom stereocenters. The molecule has 0 aliphatic rings. The fourth-order valence-electron chi connectivity index (χ4n) is 1.92. The fraction of sp³-hybridized carbons (Fsp3) is 0.200. The first kappa shape index (κ1) is 15.6. The second-order valence-corrected chi connectivity index (χ2v) is 5.26. The van der Waals surface area contributed by atoms with Crippen LogP contribution in [0.4, 0.5) is 5.69 Å². The maximum Gasteiger partial charge on any atom is 0.253 e. The lowest BCUT2D eigenvalue weighted by molar-refractivity contribution is 0.0955. The Balaban J connectivity index is 1.95. The van der Waals surface area contributed by atoms with Gasteiger partial charge < -0.3 is 10.6 Å². The molecule has 1 amide bonds. The minimum atomic E-state index is -0.146. The van der Waals surface area contributed by atoms with Crippen LogP contribution in [0.5, 0.6) is 0 Å². The fourth-order valence-corrected chi connectivity index (χ4v) is 2.43. The first-order valence-corrected chi connectivity index (χ1v) is 7.21. The molecule has 0 bridgehead atoms. The van der Waals surface area contributed by atoms with Crippen molar-refractivity contribution < 1.29 is 4.79 Å². The van der Waals surface area contributed by atoms with Gasteiger partial charge in [0.25, 0.3) is 5.91 Å². The summed E-state index contributed by atoms with van der Waals surface area (Å²) < 4.78 is 0. The average molecular weight is 324 g/mol. The number of carbonyl (C=O) groups is 1. The highest BCUT2D eigenvalue weighted by atomic mass is 35.5. The molecule has 2 N–H and O–H groups in total. The molecule has 0 atom stereocenters. The minimum Gasteiger partial charge on any atom is -0.386 e. The number of rotatable bonds is 5. The Labute approximate surface area is 133 Å². The zero-order chi connectivity index (χ0) is 15.2. The molecular formula is C15H15Cl2N3O. The second kappa shape index (κ2) is 7.29. The number of amides is 1. The molecule has 0 aliphatic heterocycles. The maximum absolute atomic E-state index is 12.1. The first-order chi connectivity index (χ1) is 10.1. The summed E-state index contributed by atoms with van der Waals surface area (Å²) >= 11 is 11.9. The molecule has 6 heteroatoms. The highest BCUT2D eigenvalue weighted by Gasteiger charge is 2.10. The van der Waals surface area contributed by atoms with Crippen LogP contribution in [0.1, 0.15) is 15.9 Å². The normalized spacial score (nSPS) is 10.2. The summed E-state index contributed by atoms with van der Waals surface area (Å²) in [5, 5.41) is 7.01. The SMILES string of the molecule is CNc1cnccc1C(=O)NCCc1ccc(Cl)cc1Cl. The van der Waals surface area contributed by atoms with E-state index in [1.165, 1.54) is 0 Å². The van der Waals surface area contributed by atoms with Gasteiger partial charge in [-0.05, 0) is 30.2 Å². The average Bonchev–Trinajstić information content (AvgIpc) is 2.49. The molecule has 1 aromatic carbocycles. The van der Waals surface area contributed by atoms with Gasteiger partial charge in [-0.1, -0.05) is 29.3 Å². The summed E-state index contributed by atoms with van der Waals surface area (Å²) in [6.45, 7) is 0.492. The molecule has 1 aromatic heterocycles. The Morgan fingerprint density at radius 2 is 2.10 bits per heavy atom. The van der Waals surface area contributed by atoms with Crippen LogP contribution < -0.4 is 10.6 Å². The monoisotopic (exact) mass is 323 g/mol. The molecular weight excluding hydrogens is 309 g/mol. The van der Waals surface area contributed by atoms with Crippen molar-refractivity contribution in [2.45, 2.75) is 6.42 Å². The van der Waals surface area contributed by atoms with Crippen molar-refractivity contribution in [1.29, 1.82) is 0 Å². The van der Waals surface area contributed by atoms with Crippen molar-refractivity contribution in [3.63, 3.8) is 0 Å². The highest BCUT2D eigenvalue weighted by molar-refractivity contribution is 6.35. The lowest BCUT2D eigenvalue weighted by Crippen LogP contribution is -2.26. The number of nitrogens with one attached hydrogen (secondary N) is 2. The third-order valence-corrected chi connectivity index (χ3v) is 3.62. The third-order valence-electron chi connectivity index (χ3n) is 3.03. The minimum absolute atomic E-state index is 0.146. The molecule has 0 radical (unpaired) electrons. The van der Waals surface area contributed by atoms with Crippen LogP contribution in [0.2, 0.25) is 10.0 Å². The summed E-state index contributed by atoms with van der Waals surface area (Å²) in [5.74, 6) is -0.146. The van der Waals surface area contributed by atoms with Gasteiger partial charge in [-0.2, -0.15) is 0 Å². The van der Waals surface area contributed by atoms with Gasteiger partial charge in [0.2, 0.25) is 0 Å². The van der Waals surface area contributed by atoms with Gasteiger partial charge in [0.15, 0.2) is 0 Å². The summed E-state index contributed by atoms with van der Waals surface area (Å²) in [5.41, 5.74) is 2.21. The van der Waals surface area contributed by atoms with Gasteiger partial charge in [0.05, 0.1) is 17.4 Å². The van der Waals surface area contributed by atoms with Gasteiger partial charge in [0.1, 0.15) is 0 Å². The number of pyridine rings is 1. The Hall–Kier alpha value is -1.78. The van der Waals surface area contributed by atoms with Gasteiger partial charge >= 0.3 is 0 Å². The molecule has 0 fully saturated rings. The number of carbonyl (C=O) groups excluding carboxylic acids is 1. The smallest absolute Gasteiger partial charge is 0.253 e. The van der Waals surface area contributed by atoms with Crippen LogP contribution in [0.25, 0.3) is 0 Å². The van der Waals surface area contributed by atoms with Crippen LogP contribution in [-0.2, 0) is 6.42 Å². The predicted molar refractivity (Wildman–Crippen MR) is 86.3 cm³/mol. The second-order valence-electron chi connectivity index (χ2n) is 4.41. The molecule has 0 saturated heterocycles. The van der Waals surface area contributed by atoms with Crippen molar-refractivity contribution in [2.75, 3.05) is 18.9 Å². The number of hydrogen-bond acceptors (Lipinski definition) is 3. The van der Waals surface area contributed by atoms with E-state index in [-0.39, 0.29) is 5.91 Å². The topological polar surface area (TPSA) is 54.0 Å². The van der Waals surface area contributed by atoms with Gasteiger partial charge in [-0.15, -0.1) is 0 Å². The van der Waals surface area contributed by atoms with Crippen LogP contribution in [-0.4, -0.2) is 24.5 Å². The summed E-state index contributed by atoms with van der Waals surface area (Å²) in [4.78, 5) is 16.1. The number of anilines is 1. The standard InChI is InChI=1S/C15H15Cl2N3O/c1-18-14-9-19-6-5-12(14)15(21)20-7-4-10-2-3-11(16)8-13(10)17/h2-3,5-6,8-9,18H,4,7H2,1H3,(H,20,21). The van der Waals surface area contributed by atoms with E-state index in [2.05, 4.69) is 15.6 Å². The molecule has 4 nitrogen and oxygen atoms in total. The molecule has 21 heavy (non-hydrogen) atoms. The Bertz CT molecular complexity index is 647. The highest BCUT2D eigenvalue weighted by Crippen LogP contribution is 2.21. The first-order valence-electron chi connectivity index (χ1n) is 6.45. The number of benzene rings is 1. The Kier molecular flexibility index (Phi) is 5.42. The molecule has 2 rings (SSSR count). The zero-order valence-corrected chi connectivity index (χ0v) is 13.0. The molecule has 2 aromatic rings. The number of halogens is 2. The molecule has 1 heterocycles. The van der Waals surface area contributed by atoms with Crippen LogP contribution in [0, 0.1) is 0 Å². The van der Waals surface area contributed by atoms with E-state index in [4.69, 9.17) is 23.2 Å². The number of hydrogen-bond donors (Lipinski definition) is 2. The van der Waals surface area contributed by atoms with Crippen molar-refractivity contribution >= 4 is 34.8 Å². The van der Waals surface area contributed by atoms with Gasteiger partial charge in [-0.25, -0.2) is 0 Å². The summed E-state index contributed by atoms with van der Waals surface area (Å²) in [6.07, 6.45) is 3.85. The summed E-state index contributed by atoms with van der Waals surface area (Å²) in [7, 11) is 1.75. The van der Waals surface area contributed by atoms with Gasteiger partial charge in [0, 0.05) is 29.8 Å². The van der Waals surface area contributed by atoms with Crippen LogP contribution >= 0.6 is 23.2 Å². The third kappa shape index (κ3) is 4.09. The number of aromatic nitrogens is 1. The van der Waals surface area contributed by atoms with Gasteiger partial charge in [-0.3, -0.25) is 9.78 Å². The van der Waals surface area contributed by atoms with E-state index in [1.54, 1.807) is 37.6 Å². The maximum atomic E-state index is 12.1. The quantitative estimate of drug-likeness (QED) is 0.886.